The fourth-order valence-corrected chi connectivity index (χ4v) is 6.90. The van der Waals surface area contributed by atoms with Crippen LogP contribution in [0.5, 0.6) is 0 Å². The number of alkyl halides is 6. The summed E-state index contributed by atoms with van der Waals surface area (Å²) in [6.07, 6.45) is -3.55. The van der Waals surface area contributed by atoms with E-state index in [-0.39, 0.29) is 40.5 Å². The van der Waals surface area contributed by atoms with Crippen LogP contribution >= 0.6 is 0 Å². The van der Waals surface area contributed by atoms with Gasteiger partial charge in [0, 0.05) is 23.5 Å². The molecule has 0 aliphatic heterocycles. The van der Waals surface area contributed by atoms with Gasteiger partial charge in [-0.2, -0.15) is 39.9 Å². The van der Waals surface area contributed by atoms with Crippen LogP contribution in [0.25, 0.3) is 16.8 Å². The number of halogens is 6. The number of aromatic nitrogens is 2. The molecular formula is C31H28F6N4O5S2. The number of aryl methyl sites for hydroxylation is 1. The van der Waals surface area contributed by atoms with E-state index in [2.05, 4.69) is 9.82 Å². The quantitative estimate of drug-likeness (QED) is 0.169. The van der Waals surface area contributed by atoms with Crippen LogP contribution in [0.1, 0.15) is 48.6 Å². The van der Waals surface area contributed by atoms with Gasteiger partial charge in [-0.25, -0.2) is 17.8 Å². The van der Waals surface area contributed by atoms with Gasteiger partial charge < -0.3 is 0 Å². The van der Waals surface area contributed by atoms with Crippen molar-refractivity contribution in [3.8, 4) is 16.8 Å². The molecule has 1 heterocycles. The predicted octanol–water partition coefficient (Wildman–Crippen LogP) is 6.58. The number of carbonyl (C=O) groups excluding carboxylic acids is 1. The first kappa shape index (κ1) is 34.9. The van der Waals surface area contributed by atoms with Crippen molar-refractivity contribution >= 4 is 31.8 Å². The van der Waals surface area contributed by atoms with Gasteiger partial charge in [0.25, 0.3) is 10.0 Å². The molecule has 0 unspecified atom stereocenters. The third-order valence-electron chi connectivity index (χ3n) is 7.53. The third-order valence-corrected chi connectivity index (χ3v) is 10.0. The number of carbonyl (C=O) groups is 1. The zero-order chi connectivity index (χ0) is 35.1. The Morgan fingerprint density at radius 3 is 2.12 bits per heavy atom. The van der Waals surface area contributed by atoms with Gasteiger partial charge in [-0.05, 0) is 48.6 Å². The Bertz CT molecular complexity index is 2060. The minimum atomic E-state index is -6.10. The van der Waals surface area contributed by atoms with Crippen molar-refractivity contribution in [1.29, 1.82) is 0 Å². The minimum absolute atomic E-state index is 0.0706. The molecule has 256 valence electrons. The highest BCUT2D eigenvalue weighted by atomic mass is 32.2. The molecule has 1 aliphatic rings. The molecule has 9 nitrogen and oxygen atoms in total. The number of hydrogen-bond acceptors (Lipinski definition) is 6. The second kappa shape index (κ2) is 12.9. The number of rotatable bonds is 11. The van der Waals surface area contributed by atoms with Crippen LogP contribution in [0.15, 0.2) is 77.7 Å². The lowest BCUT2D eigenvalue weighted by Gasteiger charge is -2.17. The van der Waals surface area contributed by atoms with Crippen molar-refractivity contribution in [2.45, 2.75) is 55.6 Å². The number of nitrogens with one attached hydrogen (secondary N) is 2. The van der Waals surface area contributed by atoms with Gasteiger partial charge in [-0.3, -0.25) is 9.52 Å². The third kappa shape index (κ3) is 7.36. The Kier molecular flexibility index (Phi) is 9.40. The Morgan fingerprint density at radius 1 is 0.896 bits per heavy atom. The molecule has 1 fully saturated rings. The van der Waals surface area contributed by atoms with Crippen LogP contribution in [0.2, 0.25) is 0 Å². The fourth-order valence-electron chi connectivity index (χ4n) is 5.04. The predicted molar refractivity (Wildman–Crippen MR) is 164 cm³/mol. The summed E-state index contributed by atoms with van der Waals surface area (Å²) >= 11 is 0. The number of sulfonamides is 2. The first-order chi connectivity index (χ1) is 22.4. The molecular weight excluding hydrogens is 686 g/mol. The van der Waals surface area contributed by atoms with Crippen LogP contribution in [-0.2, 0) is 43.9 Å². The number of hydrogen-bond donors (Lipinski definition) is 2. The van der Waals surface area contributed by atoms with E-state index in [0.717, 1.165) is 12.1 Å². The van der Waals surface area contributed by atoms with Crippen LogP contribution in [0.3, 0.4) is 0 Å². The number of amides is 1. The van der Waals surface area contributed by atoms with Crippen molar-refractivity contribution in [2.24, 2.45) is 5.92 Å². The van der Waals surface area contributed by atoms with Crippen molar-refractivity contribution in [3.05, 3.63) is 95.2 Å². The van der Waals surface area contributed by atoms with E-state index in [4.69, 9.17) is 0 Å². The maximum atomic E-state index is 14.0. The Hall–Kier alpha value is -4.38. The van der Waals surface area contributed by atoms with Crippen molar-refractivity contribution < 1.29 is 48.0 Å². The molecule has 5 rings (SSSR count). The summed E-state index contributed by atoms with van der Waals surface area (Å²) in [5, 5.41) is 4.17. The van der Waals surface area contributed by atoms with Crippen LogP contribution in [-0.4, -0.2) is 38.0 Å². The van der Waals surface area contributed by atoms with E-state index >= 15 is 0 Å². The summed E-state index contributed by atoms with van der Waals surface area (Å²) < 4.78 is 137. The Balaban J connectivity index is 1.58. The average molecular weight is 715 g/mol. The molecule has 0 atom stereocenters. The van der Waals surface area contributed by atoms with Gasteiger partial charge in [-0.1, -0.05) is 67.9 Å². The summed E-state index contributed by atoms with van der Waals surface area (Å²) in [6, 6.07) is 16.0. The van der Waals surface area contributed by atoms with Crippen LogP contribution in [0.4, 0.5) is 32.2 Å². The van der Waals surface area contributed by atoms with Gasteiger partial charge in [0.1, 0.15) is 5.82 Å². The van der Waals surface area contributed by atoms with E-state index in [9.17, 15) is 48.0 Å². The molecule has 2 N–H and O–H groups in total. The second-order valence-corrected chi connectivity index (χ2v) is 14.4. The van der Waals surface area contributed by atoms with Gasteiger partial charge in [0.15, 0.2) is 0 Å². The zero-order valence-corrected chi connectivity index (χ0v) is 26.7. The molecule has 1 saturated carbocycles. The van der Waals surface area contributed by atoms with Gasteiger partial charge in [0.05, 0.1) is 21.8 Å². The van der Waals surface area contributed by atoms with E-state index in [1.165, 1.54) is 53.3 Å². The first-order valence-corrected chi connectivity index (χ1v) is 17.5. The SMILES string of the molecule is CCCc1nn(-c2ccccc2C(F)(F)F)c(NS(=O)(=O)C(F)(F)F)c1Cc1ccc(-c2ccccc2S(=O)(=O)NC(=O)C2CC2)cc1. The van der Waals surface area contributed by atoms with E-state index in [1.807, 2.05) is 0 Å². The van der Waals surface area contributed by atoms with Gasteiger partial charge in [0.2, 0.25) is 5.91 Å². The van der Waals surface area contributed by atoms with Gasteiger partial charge in [-0.15, -0.1) is 0 Å². The molecule has 4 aromatic rings. The molecule has 0 spiro atoms. The second-order valence-electron chi connectivity index (χ2n) is 11.1. The normalized spacial score (nSPS) is 14.1. The molecule has 0 saturated heterocycles. The topological polar surface area (TPSA) is 127 Å². The highest BCUT2D eigenvalue weighted by Gasteiger charge is 2.47. The number of anilines is 1. The Morgan fingerprint density at radius 2 is 1.52 bits per heavy atom. The lowest BCUT2D eigenvalue weighted by atomic mass is 9.99. The van der Waals surface area contributed by atoms with Crippen LogP contribution in [0, 0.1) is 5.92 Å². The lowest BCUT2D eigenvalue weighted by molar-refractivity contribution is -0.137. The van der Waals surface area contributed by atoms with E-state index in [0.29, 0.717) is 41.1 Å². The molecule has 1 aliphatic carbocycles. The van der Waals surface area contributed by atoms with Crippen LogP contribution < -0.4 is 9.44 Å². The Labute approximate surface area is 272 Å². The van der Waals surface area contributed by atoms with Gasteiger partial charge >= 0.3 is 21.7 Å². The average Bonchev–Trinajstić information content (AvgIpc) is 3.82. The first-order valence-electron chi connectivity index (χ1n) is 14.5. The summed E-state index contributed by atoms with van der Waals surface area (Å²) in [5.74, 6) is -1.77. The minimum Gasteiger partial charge on any atom is -0.274 e. The maximum absolute atomic E-state index is 14.0. The summed E-state index contributed by atoms with van der Waals surface area (Å²) in [7, 11) is -10.3. The fraction of sp³-hybridized carbons (Fsp3) is 0.290. The largest absolute Gasteiger partial charge is 0.516 e. The summed E-state index contributed by atoms with van der Waals surface area (Å²) in [5.41, 5.74) is -6.68. The van der Waals surface area contributed by atoms with Crippen molar-refractivity contribution in [2.75, 3.05) is 4.72 Å². The molecule has 3 aromatic carbocycles. The standard InChI is InChI=1S/C31H28F6N4O5S2/c1-2-7-25-23(28(39-48(45,46)31(35,36)37)41(38-25)26-10-5-4-9-24(26)30(32,33)34)18-19-12-14-20(15-13-19)22-8-3-6-11-27(22)47(43,44)40-29(42)21-16-17-21/h3-6,8-15,21,39H,2,7,16-18H2,1H3,(H,40,42). The molecule has 1 aromatic heterocycles. The highest BCUT2D eigenvalue weighted by molar-refractivity contribution is 7.93. The molecule has 48 heavy (non-hydrogen) atoms. The van der Waals surface area contributed by atoms with E-state index < -0.39 is 54.7 Å². The van der Waals surface area contributed by atoms with Crippen molar-refractivity contribution in [1.82, 2.24) is 14.5 Å². The monoisotopic (exact) mass is 714 g/mol. The van der Waals surface area contributed by atoms with Crippen molar-refractivity contribution in [3.63, 3.8) is 0 Å². The maximum Gasteiger partial charge on any atom is 0.516 e. The molecule has 0 radical (unpaired) electrons. The summed E-state index contributed by atoms with van der Waals surface area (Å²) in [6.45, 7) is 1.71. The highest BCUT2D eigenvalue weighted by Crippen LogP contribution is 2.38. The smallest absolute Gasteiger partial charge is 0.274 e. The summed E-state index contributed by atoms with van der Waals surface area (Å²) in [4.78, 5) is 12.0. The number of nitrogens with zero attached hydrogens (tertiary/aromatic N) is 2. The molecule has 1 amide bonds. The number of benzene rings is 3. The lowest BCUT2D eigenvalue weighted by Crippen LogP contribution is -2.32. The molecule has 0 bridgehead atoms. The zero-order valence-electron chi connectivity index (χ0n) is 25.1. The van der Waals surface area contributed by atoms with E-state index in [1.54, 1.807) is 13.0 Å². The molecule has 17 heteroatoms. The number of para-hydroxylation sites is 1.